The summed E-state index contributed by atoms with van der Waals surface area (Å²) < 4.78 is 45.7. The Bertz CT molecular complexity index is 1200. The molecule has 4 rings (SSSR count). The lowest BCUT2D eigenvalue weighted by molar-refractivity contribution is 0.156. The van der Waals surface area contributed by atoms with Crippen molar-refractivity contribution in [3.8, 4) is 17.2 Å². The topological polar surface area (TPSA) is 99.5 Å². The zero-order chi connectivity index (χ0) is 23.1. The molecule has 1 aromatic heterocycles. The van der Waals surface area contributed by atoms with E-state index in [0.717, 1.165) is 0 Å². The molecule has 170 valence electrons. The number of hydrogen-bond donors (Lipinski definition) is 1. The van der Waals surface area contributed by atoms with E-state index < -0.39 is 15.4 Å². The molecule has 0 unspecified atom stereocenters. The minimum atomic E-state index is -2.71. The Morgan fingerprint density at radius 2 is 1.62 bits per heavy atom. The van der Waals surface area contributed by atoms with Gasteiger partial charge in [-0.1, -0.05) is 11.6 Å². The first-order valence-electron chi connectivity index (χ1n) is 9.57. The van der Waals surface area contributed by atoms with Gasteiger partial charge in [0.05, 0.1) is 42.3 Å². The average molecular weight is 482 g/mol. The number of anilines is 1. The number of hydrogen-bond acceptors (Lipinski definition) is 7. The van der Waals surface area contributed by atoms with Crippen LogP contribution < -0.4 is 15.6 Å². The van der Waals surface area contributed by atoms with Crippen molar-refractivity contribution in [3.05, 3.63) is 75.9 Å². The molecule has 1 aliphatic heterocycles. The van der Waals surface area contributed by atoms with Crippen LogP contribution in [0.5, 0.6) is 11.5 Å². The van der Waals surface area contributed by atoms with E-state index in [9.17, 15) is 17.6 Å². The third-order valence-electron chi connectivity index (χ3n) is 4.40. The summed E-state index contributed by atoms with van der Waals surface area (Å²) in [7, 11) is -1.05. The number of halogens is 2. The lowest BCUT2D eigenvalue weighted by atomic mass is 10.3. The Balaban J connectivity index is 0.000000305. The molecule has 0 radical (unpaired) electrons. The first-order chi connectivity index (χ1) is 15.3. The van der Waals surface area contributed by atoms with Gasteiger partial charge in [0.1, 0.15) is 22.3 Å². The van der Waals surface area contributed by atoms with E-state index in [1.165, 1.54) is 35.1 Å². The fourth-order valence-corrected chi connectivity index (χ4v) is 3.83. The molecule has 1 fully saturated rings. The van der Waals surface area contributed by atoms with Gasteiger partial charge in [0.25, 0.3) is 5.56 Å². The van der Waals surface area contributed by atoms with Gasteiger partial charge in [0.2, 0.25) is 0 Å². The van der Waals surface area contributed by atoms with Gasteiger partial charge >= 0.3 is 0 Å². The van der Waals surface area contributed by atoms with Crippen molar-refractivity contribution in [1.29, 1.82) is 0 Å². The molecule has 1 saturated heterocycles. The quantitative estimate of drug-likeness (QED) is 0.610. The number of benzene rings is 2. The van der Waals surface area contributed by atoms with E-state index in [1.807, 2.05) is 0 Å². The summed E-state index contributed by atoms with van der Waals surface area (Å²) in [6, 6.07) is 12.4. The summed E-state index contributed by atoms with van der Waals surface area (Å²) in [6.07, 6.45) is 1.48. The van der Waals surface area contributed by atoms with Gasteiger partial charge < -0.3 is 14.8 Å². The van der Waals surface area contributed by atoms with E-state index in [-0.39, 0.29) is 22.3 Å². The maximum atomic E-state index is 12.9. The van der Waals surface area contributed by atoms with Crippen molar-refractivity contribution in [3.63, 3.8) is 0 Å². The molecule has 32 heavy (non-hydrogen) atoms. The molecule has 0 saturated carbocycles. The van der Waals surface area contributed by atoms with Gasteiger partial charge in [-0.25, -0.2) is 12.8 Å². The van der Waals surface area contributed by atoms with E-state index in [0.29, 0.717) is 36.1 Å². The van der Waals surface area contributed by atoms with Crippen LogP contribution in [0, 0.1) is 5.82 Å². The highest BCUT2D eigenvalue weighted by molar-refractivity contribution is 7.91. The summed E-state index contributed by atoms with van der Waals surface area (Å²) >= 11 is 6.01. The van der Waals surface area contributed by atoms with Crippen molar-refractivity contribution in [2.24, 2.45) is 0 Å². The zero-order valence-electron chi connectivity index (χ0n) is 17.1. The van der Waals surface area contributed by atoms with Crippen LogP contribution in [0.25, 0.3) is 5.69 Å². The van der Waals surface area contributed by atoms with Gasteiger partial charge in [-0.3, -0.25) is 4.79 Å². The zero-order valence-corrected chi connectivity index (χ0v) is 18.7. The number of ether oxygens (including phenoxy) is 2. The predicted octanol–water partition coefficient (Wildman–Crippen LogP) is 3.29. The van der Waals surface area contributed by atoms with Crippen molar-refractivity contribution >= 4 is 27.1 Å². The van der Waals surface area contributed by atoms with Crippen LogP contribution in [0.1, 0.15) is 0 Å². The Kier molecular flexibility index (Phi) is 7.84. The van der Waals surface area contributed by atoms with Gasteiger partial charge in [-0.05, 0) is 48.5 Å². The maximum Gasteiger partial charge on any atom is 0.292 e. The Morgan fingerprint density at radius 1 is 1.06 bits per heavy atom. The van der Waals surface area contributed by atoms with Gasteiger partial charge in [0.15, 0.2) is 9.84 Å². The lowest BCUT2D eigenvalue weighted by Gasteiger charge is -2.10. The molecule has 0 amide bonds. The van der Waals surface area contributed by atoms with E-state index in [4.69, 9.17) is 21.1 Å². The molecular weight excluding hydrogens is 461 g/mol. The van der Waals surface area contributed by atoms with Gasteiger partial charge in [-0.15, -0.1) is 0 Å². The SMILES string of the molecule is CNc1cnn(-c2ccc(Oc3ccc(F)cc3)cc2)c(=O)c1Cl.O=S1(=O)CCOCC1. The summed E-state index contributed by atoms with van der Waals surface area (Å²) in [5.41, 5.74) is 0.598. The molecule has 11 heteroatoms. The molecule has 0 bridgehead atoms. The first kappa shape index (κ1) is 23.7. The highest BCUT2D eigenvalue weighted by Gasteiger charge is 2.14. The van der Waals surface area contributed by atoms with Crippen LogP contribution in [0.15, 0.2) is 59.5 Å². The van der Waals surface area contributed by atoms with Crippen molar-refractivity contribution in [2.75, 3.05) is 37.1 Å². The van der Waals surface area contributed by atoms with E-state index >= 15 is 0 Å². The number of nitrogens with zero attached hydrogens (tertiary/aromatic N) is 2. The first-order valence-corrected chi connectivity index (χ1v) is 11.8. The van der Waals surface area contributed by atoms with Crippen molar-refractivity contribution < 1.29 is 22.3 Å². The van der Waals surface area contributed by atoms with Crippen LogP contribution >= 0.6 is 11.6 Å². The van der Waals surface area contributed by atoms with Crippen LogP contribution in [-0.4, -0.2) is 50.0 Å². The van der Waals surface area contributed by atoms with Crippen LogP contribution in [0.2, 0.25) is 5.02 Å². The second kappa shape index (κ2) is 10.6. The van der Waals surface area contributed by atoms with Gasteiger partial charge in [0, 0.05) is 7.05 Å². The summed E-state index contributed by atoms with van der Waals surface area (Å²) in [5.74, 6) is 1.14. The standard InChI is InChI=1S/C17H13ClFN3O2.C4H8O3S/c1-20-15-10-21-22(17(23)16(15)18)12-4-8-14(9-5-12)24-13-6-2-11(19)3-7-13;5-8(6)3-1-7-2-4-8/h2-10,20H,1H3;1-4H2. The highest BCUT2D eigenvalue weighted by atomic mass is 35.5. The molecule has 3 aromatic rings. The van der Waals surface area contributed by atoms with Crippen LogP contribution in [-0.2, 0) is 14.6 Å². The predicted molar refractivity (Wildman–Crippen MR) is 120 cm³/mol. The molecule has 0 atom stereocenters. The minimum Gasteiger partial charge on any atom is -0.457 e. The third kappa shape index (κ3) is 6.28. The molecule has 1 aliphatic rings. The van der Waals surface area contributed by atoms with Crippen LogP contribution in [0.4, 0.5) is 10.1 Å². The van der Waals surface area contributed by atoms with E-state index in [1.54, 1.807) is 31.3 Å². The normalized spacial score (nSPS) is 14.7. The summed E-state index contributed by atoms with van der Waals surface area (Å²) in [5, 5.41) is 6.95. The molecule has 2 aromatic carbocycles. The Hall–Kier alpha value is -2.95. The third-order valence-corrected chi connectivity index (χ3v) is 6.34. The lowest BCUT2D eigenvalue weighted by Crippen LogP contribution is -2.25. The average Bonchev–Trinajstić information content (AvgIpc) is 2.78. The Labute approximate surface area is 189 Å². The summed E-state index contributed by atoms with van der Waals surface area (Å²) in [4.78, 5) is 12.2. The van der Waals surface area contributed by atoms with E-state index in [2.05, 4.69) is 10.4 Å². The van der Waals surface area contributed by atoms with Crippen LogP contribution in [0.3, 0.4) is 0 Å². The largest absolute Gasteiger partial charge is 0.457 e. The fourth-order valence-electron chi connectivity index (χ4n) is 2.66. The number of aromatic nitrogens is 2. The molecule has 1 N–H and O–H groups in total. The van der Waals surface area contributed by atoms with Gasteiger partial charge in [-0.2, -0.15) is 9.78 Å². The molecule has 8 nitrogen and oxygen atoms in total. The van der Waals surface area contributed by atoms with Crippen molar-refractivity contribution in [2.45, 2.75) is 0 Å². The molecule has 2 heterocycles. The Morgan fingerprint density at radius 3 is 2.12 bits per heavy atom. The number of rotatable bonds is 4. The second-order valence-corrected chi connectivity index (χ2v) is 9.33. The minimum absolute atomic E-state index is 0.0686. The monoisotopic (exact) mass is 481 g/mol. The molecule has 0 aliphatic carbocycles. The number of nitrogens with one attached hydrogen (secondary N) is 1. The molecular formula is C21H21ClFN3O5S. The smallest absolute Gasteiger partial charge is 0.292 e. The number of sulfone groups is 1. The fraction of sp³-hybridized carbons (Fsp3) is 0.238. The highest BCUT2D eigenvalue weighted by Crippen LogP contribution is 2.23. The maximum absolute atomic E-state index is 12.9. The second-order valence-electron chi connectivity index (χ2n) is 6.65. The van der Waals surface area contributed by atoms with Crippen molar-refractivity contribution in [1.82, 2.24) is 9.78 Å². The summed E-state index contributed by atoms with van der Waals surface area (Å²) in [6.45, 7) is 0.755. The molecule has 0 spiro atoms.